The molecule has 7 heteroatoms. The summed E-state index contributed by atoms with van der Waals surface area (Å²) in [6.45, 7) is 6.85. The minimum atomic E-state index is -0.223. The van der Waals surface area contributed by atoms with E-state index in [9.17, 15) is 0 Å². The zero-order chi connectivity index (χ0) is 17.8. The largest absolute Gasteiger partial charge is 0.497 e. The molecule has 2 N–H and O–H groups in total. The molecule has 0 amide bonds. The Kier molecular flexibility index (Phi) is 12.6. The van der Waals surface area contributed by atoms with E-state index >= 15 is 0 Å². The van der Waals surface area contributed by atoms with Crippen LogP contribution in [0.3, 0.4) is 0 Å². The molecule has 0 spiro atoms. The maximum atomic E-state index is 5.68. The number of methoxy groups -OCH3 is 2. The van der Waals surface area contributed by atoms with Gasteiger partial charge in [-0.3, -0.25) is 4.99 Å². The minimum Gasteiger partial charge on any atom is -0.497 e. The summed E-state index contributed by atoms with van der Waals surface area (Å²) in [7, 11) is 5.13. The van der Waals surface area contributed by atoms with E-state index in [1.54, 1.807) is 21.3 Å². The van der Waals surface area contributed by atoms with Crippen LogP contribution in [0.15, 0.2) is 29.3 Å². The molecule has 1 aromatic rings. The van der Waals surface area contributed by atoms with Crippen LogP contribution < -0.4 is 15.4 Å². The fourth-order valence-electron chi connectivity index (χ4n) is 1.88. The molecule has 6 nitrogen and oxygen atoms in total. The van der Waals surface area contributed by atoms with E-state index in [0.29, 0.717) is 19.8 Å². The highest BCUT2D eigenvalue weighted by molar-refractivity contribution is 14.0. The average molecular weight is 465 g/mol. The first-order valence-electron chi connectivity index (χ1n) is 8.21. The summed E-state index contributed by atoms with van der Waals surface area (Å²) in [5.74, 6) is 1.63. The number of aliphatic imine (C=N–C) groups is 1. The van der Waals surface area contributed by atoms with E-state index in [1.807, 2.05) is 38.1 Å². The molecule has 0 saturated carbocycles. The van der Waals surface area contributed by atoms with Gasteiger partial charge in [0.25, 0.3) is 0 Å². The number of halogens is 1. The molecule has 1 aromatic carbocycles. The van der Waals surface area contributed by atoms with Gasteiger partial charge in [0.1, 0.15) is 5.75 Å². The van der Waals surface area contributed by atoms with E-state index in [2.05, 4.69) is 15.6 Å². The van der Waals surface area contributed by atoms with Crippen LogP contribution in [0.4, 0.5) is 0 Å². The van der Waals surface area contributed by atoms with Crippen LogP contribution >= 0.6 is 24.0 Å². The van der Waals surface area contributed by atoms with Gasteiger partial charge in [0.15, 0.2) is 5.96 Å². The van der Waals surface area contributed by atoms with Crippen LogP contribution in [0.1, 0.15) is 25.8 Å². The number of guanidine groups is 1. The van der Waals surface area contributed by atoms with E-state index in [0.717, 1.165) is 30.2 Å². The molecule has 1 rings (SSSR count). The second-order valence-electron chi connectivity index (χ2n) is 6.07. The molecule has 0 atom stereocenters. The van der Waals surface area contributed by atoms with E-state index in [-0.39, 0.29) is 29.6 Å². The number of ether oxygens (including phenoxy) is 3. The Labute approximate surface area is 168 Å². The number of hydrogen-bond donors (Lipinski definition) is 2. The Bertz CT molecular complexity index is 493. The summed E-state index contributed by atoms with van der Waals surface area (Å²) < 4.78 is 16.2. The molecule has 25 heavy (non-hydrogen) atoms. The van der Waals surface area contributed by atoms with E-state index < -0.39 is 0 Å². The molecule has 0 aliphatic carbocycles. The third kappa shape index (κ3) is 10.5. The second-order valence-corrected chi connectivity index (χ2v) is 6.07. The van der Waals surface area contributed by atoms with Crippen molar-refractivity contribution in [2.75, 3.05) is 41.0 Å². The molecule has 0 aliphatic rings. The lowest BCUT2D eigenvalue weighted by atomic mass is 10.1. The first-order valence-corrected chi connectivity index (χ1v) is 8.21. The topological polar surface area (TPSA) is 64.1 Å². The molecule has 0 aliphatic heterocycles. The zero-order valence-corrected chi connectivity index (χ0v) is 18.3. The zero-order valence-electron chi connectivity index (χ0n) is 15.9. The Morgan fingerprint density at radius 1 is 1.12 bits per heavy atom. The lowest BCUT2D eigenvalue weighted by Gasteiger charge is -2.24. The van der Waals surface area contributed by atoms with Crippen molar-refractivity contribution in [1.82, 2.24) is 10.6 Å². The van der Waals surface area contributed by atoms with Gasteiger partial charge in [-0.05, 0) is 38.0 Å². The Hall–Kier alpha value is -1.06. The van der Waals surface area contributed by atoms with Gasteiger partial charge < -0.3 is 24.8 Å². The van der Waals surface area contributed by atoms with Crippen LogP contribution in [0.2, 0.25) is 0 Å². The van der Waals surface area contributed by atoms with E-state index in [1.165, 1.54) is 0 Å². The van der Waals surface area contributed by atoms with Crippen molar-refractivity contribution in [3.63, 3.8) is 0 Å². The van der Waals surface area contributed by atoms with Gasteiger partial charge in [0.05, 0.1) is 19.3 Å². The van der Waals surface area contributed by atoms with Crippen LogP contribution in [-0.2, 0) is 16.1 Å². The number of hydrogen-bond acceptors (Lipinski definition) is 4. The minimum absolute atomic E-state index is 0. The highest BCUT2D eigenvalue weighted by atomic mass is 127. The molecule has 0 saturated heterocycles. The Morgan fingerprint density at radius 2 is 1.80 bits per heavy atom. The van der Waals surface area contributed by atoms with Crippen molar-refractivity contribution < 1.29 is 14.2 Å². The lowest BCUT2D eigenvalue weighted by molar-refractivity contribution is 0.0268. The summed E-state index contributed by atoms with van der Waals surface area (Å²) >= 11 is 0. The number of rotatable bonds is 10. The van der Waals surface area contributed by atoms with Crippen molar-refractivity contribution in [3.8, 4) is 5.75 Å². The lowest BCUT2D eigenvalue weighted by Crippen LogP contribution is -2.45. The first kappa shape index (κ1) is 23.9. The van der Waals surface area contributed by atoms with Gasteiger partial charge >= 0.3 is 0 Å². The van der Waals surface area contributed by atoms with Crippen molar-refractivity contribution in [2.24, 2.45) is 4.99 Å². The molecule has 0 fully saturated rings. The van der Waals surface area contributed by atoms with Crippen LogP contribution in [0, 0.1) is 0 Å². The highest BCUT2D eigenvalue weighted by Gasteiger charge is 2.16. The summed E-state index contributed by atoms with van der Waals surface area (Å²) in [5, 5.41) is 6.52. The second kappa shape index (κ2) is 13.2. The molecular weight excluding hydrogens is 433 g/mol. The monoisotopic (exact) mass is 465 g/mol. The predicted molar refractivity (Wildman–Crippen MR) is 113 cm³/mol. The molecule has 0 heterocycles. The van der Waals surface area contributed by atoms with Crippen LogP contribution in [-0.4, -0.2) is 52.5 Å². The average Bonchev–Trinajstić information content (AvgIpc) is 2.61. The number of nitrogens with zero attached hydrogens (tertiary/aromatic N) is 1. The fraction of sp³-hybridized carbons (Fsp3) is 0.611. The summed E-state index contributed by atoms with van der Waals surface area (Å²) in [6, 6.07) is 7.91. The smallest absolute Gasteiger partial charge is 0.191 e. The fourth-order valence-corrected chi connectivity index (χ4v) is 1.88. The molecular formula is C18H32IN3O3. The Morgan fingerprint density at radius 3 is 2.36 bits per heavy atom. The van der Waals surface area contributed by atoms with Crippen molar-refractivity contribution in [2.45, 2.75) is 32.5 Å². The van der Waals surface area contributed by atoms with E-state index in [4.69, 9.17) is 14.2 Å². The quantitative estimate of drug-likeness (QED) is 0.241. The first-order chi connectivity index (χ1) is 11.5. The number of benzene rings is 1. The maximum absolute atomic E-state index is 5.68. The van der Waals surface area contributed by atoms with Gasteiger partial charge in [0.2, 0.25) is 0 Å². The molecule has 0 bridgehead atoms. The summed E-state index contributed by atoms with van der Waals surface area (Å²) in [6.07, 6.45) is 0.907. The summed E-state index contributed by atoms with van der Waals surface area (Å²) in [4.78, 5) is 4.19. The van der Waals surface area contributed by atoms with Gasteiger partial charge in [-0.1, -0.05) is 12.1 Å². The summed E-state index contributed by atoms with van der Waals surface area (Å²) in [5.41, 5.74) is 0.919. The normalized spacial score (nSPS) is 11.6. The van der Waals surface area contributed by atoms with Gasteiger partial charge in [-0.2, -0.15) is 0 Å². The Balaban J connectivity index is 0.00000576. The van der Waals surface area contributed by atoms with Crippen LogP contribution in [0.25, 0.3) is 0 Å². The molecule has 0 aromatic heterocycles. The molecule has 144 valence electrons. The third-order valence-corrected chi connectivity index (χ3v) is 3.64. The van der Waals surface area contributed by atoms with Crippen molar-refractivity contribution in [3.05, 3.63) is 29.8 Å². The van der Waals surface area contributed by atoms with Crippen molar-refractivity contribution >= 4 is 29.9 Å². The van der Waals surface area contributed by atoms with Gasteiger partial charge in [-0.15, -0.1) is 24.0 Å². The van der Waals surface area contributed by atoms with Crippen LogP contribution in [0.5, 0.6) is 5.75 Å². The highest BCUT2D eigenvalue weighted by Crippen LogP contribution is 2.11. The maximum Gasteiger partial charge on any atom is 0.191 e. The van der Waals surface area contributed by atoms with Gasteiger partial charge in [0, 0.05) is 33.9 Å². The third-order valence-electron chi connectivity index (χ3n) is 3.64. The standard InChI is InChI=1S/C18H31N3O3.HI/c1-18(2,23-5)14-21-17(19-3)20-11-6-12-24-13-15-7-9-16(22-4)10-8-15;/h7-10H,6,11-14H2,1-5H3,(H2,19,20,21);1H. The molecule has 0 unspecified atom stereocenters. The molecule has 0 radical (unpaired) electrons. The number of nitrogens with one attached hydrogen (secondary N) is 2. The van der Waals surface area contributed by atoms with Crippen molar-refractivity contribution in [1.29, 1.82) is 0 Å². The SMILES string of the molecule is CN=C(NCCCOCc1ccc(OC)cc1)NCC(C)(C)OC.I. The van der Waals surface area contributed by atoms with Gasteiger partial charge in [-0.25, -0.2) is 0 Å². The predicted octanol–water partition coefficient (Wildman–Crippen LogP) is 2.81.